The minimum Gasteiger partial charge on any atom is -0.790 e. The monoisotopic (exact) mass is 960 g/mol. The van der Waals surface area contributed by atoms with Gasteiger partial charge < -0.3 is 85.5 Å². The van der Waals surface area contributed by atoms with Crippen LogP contribution in [0.3, 0.4) is 0 Å². The first kappa shape index (κ1) is 59.9. The van der Waals surface area contributed by atoms with Crippen LogP contribution in [0.2, 0.25) is 0 Å². The number of nitrogens with zero attached hydrogens (tertiary/aromatic N) is 8. The zero-order valence-corrected chi connectivity index (χ0v) is 42.3. The van der Waals surface area contributed by atoms with Gasteiger partial charge in [0.2, 0.25) is 0 Å². The van der Waals surface area contributed by atoms with Crippen molar-refractivity contribution in [2.45, 2.75) is 49.1 Å². The first-order valence-corrected chi connectivity index (χ1v) is 20.2. The third-order valence-corrected chi connectivity index (χ3v) is 11.8. The summed E-state index contributed by atoms with van der Waals surface area (Å²) >= 11 is 0. The number of nitrogen functional groups attached to an aromatic ring is 2. The SMILES string of the molecule is Nc1ncnc2c1ncn2[C@@H]1O[C@H](CO)[C@@H](O)[C@H]1O.Nc1ncnc2c1ncn2[C@@H]1O[C@H](CO)[C@@H](O)[C@H]1O.O=P([O-])([O-])OP(=O)([O-])OP(=O)(O)OP(=O)([O-])O.[Na+].[Na+].[Na+].[Na+]. The quantitative estimate of drug-likeness (QED) is 0.0521. The Morgan fingerprint density at radius 3 is 1.31 bits per heavy atom. The molecular formula is C20H28N10Na4O21P4. The fourth-order valence-corrected chi connectivity index (χ4v) is 8.55. The van der Waals surface area contributed by atoms with Gasteiger partial charge in [-0.15, -0.1) is 0 Å². The standard InChI is InChI=1S/2C10H13N5O4.4Na.H6O13P4/c2*11-8-5-9(13-2-12-8)15(3-14-5)10-7(18)6(17)4(1-16)19-10;;;;;1-14(2,3)11-16(7,8)13-17(9,10)12-15(4,5)6/h2*2-4,6-7,10,16-18H,1H2,(H2,11,12,13);;;;;(H,7,8)(H,9,10)(H2,1,2,3)(H2,4,5,6)/q;;4*+1;/p-4/t2*4-,6-,7-,10-;;;;;/m11...../s1. The zero-order chi connectivity index (χ0) is 41.3. The fourth-order valence-electron chi connectivity index (χ4n) is 4.74. The van der Waals surface area contributed by atoms with Crippen LogP contribution >= 0.6 is 31.3 Å². The predicted molar refractivity (Wildman–Crippen MR) is 164 cm³/mol. The Morgan fingerprint density at radius 1 is 0.627 bits per heavy atom. The molecule has 0 aliphatic carbocycles. The van der Waals surface area contributed by atoms with Crippen LogP contribution in [0.4, 0.5) is 11.6 Å². The fraction of sp³-hybridized carbons (Fsp3) is 0.500. The van der Waals surface area contributed by atoms with Crippen molar-refractivity contribution < 1.29 is 219 Å². The van der Waals surface area contributed by atoms with Crippen molar-refractivity contribution in [3.63, 3.8) is 0 Å². The van der Waals surface area contributed by atoms with Gasteiger partial charge in [-0.25, -0.2) is 43.1 Å². The first-order valence-electron chi connectivity index (χ1n) is 14.3. The Balaban J connectivity index is 0.000000830. The maximum atomic E-state index is 10.6. The van der Waals surface area contributed by atoms with E-state index in [1.54, 1.807) is 0 Å². The Hall–Kier alpha value is 0.940. The Labute approximate surface area is 417 Å². The number of aromatic nitrogens is 8. The van der Waals surface area contributed by atoms with Gasteiger partial charge in [0.15, 0.2) is 35.4 Å². The minimum absolute atomic E-state index is 0. The average Bonchev–Trinajstić information content (AvgIpc) is 3.81. The van der Waals surface area contributed by atoms with Crippen molar-refractivity contribution >= 4 is 65.3 Å². The second-order valence-corrected chi connectivity index (χ2v) is 16.3. The van der Waals surface area contributed by atoms with Crippen molar-refractivity contribution in [2.75, 3.05) is 24.7 Å². The number of aliphatic hydroxyl groups is 6. The number of aliphatic hydroxyl groups excluding tert-OH is 6. The molecular weight excluding hydrogens is 932 g/mol. The normalized spacial score (nSPS) is 26.8. The van der Waals surface area contributed by atoms with Crippen LogP contribution in [-0.4, -0.2) is 129 Å². The van der Waals surface area contributed by atoms with Gasteiger partial charge in [-0.05, 0) is 0 Å². The van der Waals surface area contributed by atoms with Crippen LogP contribution in [0.15, 0.2) is 25.3 Å². The molecule has 39 heteroatoms. The second kappa shape index (κ2) is 24.5. The van der Waals surface area contributed by atoms with E-state index < -0.39 is 93.6 Å². The van der Waals surface area contributed by atoms with Gasteiger partial charge in [-0.2, -0.15) is 0 Å². The minimum atomic E-state index is -6.17. The van der Waals surface area contributed by atoms with E-state index in [1.807, 2.05) is 0 Å². The van der Waals surface area contributed by atoms with Crippen molar-refractivity contribution in [3.05, 3.63) is 25.3 Å². The van der Waals surface area contributed by atoms with Crippen LogP contribution in [0.5, 0.6) is 0 Å². The number of nitrogens with two attached hydrogens (primary N) is 2. The molecule has 308 valence electrons. The van der Waals surface area contributed by atoms with Gasteiger partial charge in [0.1, 0.15) is 60.3 Å². The number of imidazole rings is 2. The molecule has 11 atom stereocenters. The Kier molecular flexibility index (Phi) is 24.8. The van der Waals surface area contributed by atoms with Gasteiger partial charge in [0.25, 0.3) is 15.6 Å². The van der Waals surface area contributed by atoms with Gasteiger partial charge in [0, 0.05) is 0 Å². The van der Waals surface area contributed by atoms with E-state index in [0.29, 0.717) is 22.3 Å². The van der Waals surface area contributed by atoms with Gasteiger partial charge in [-0.1, -0.05) is 0 Å². The maximum absolute atomic E-state index is 10.6. The third kappa shape index (κ3) is 16.1. The molecule has 4 aromatic heterocycles. The summed E-state index contributed by atoms with van der Waals surface area (Å²) in [5.41, 5.74) is 12.9. The summed E-state index contributed by atoms with van der Waals surface area (Å²) < 4.78 is 63.1. The first-order chi connectivity index (χ1) is 25.4. The van der Waals surface area contributed by atoms with Crippen LogP contribution in [-0.2, 0) is 40.7 Å². The van der Waals surface area contributed by atoms with Gasteiger partial charge in [-0.3, -0.25) is 22.6 Å². The number of anilines is 2. The van der Waals surface area contributed by atoms with Gasteiger partial charge in [0.05, 0.1) is 33.7 Å². The van der Waals surface area contributed by atoms with Crippen LogP contribution in [0.1, 0.15) is 12.5 Å². The maximum Gasteiger partial charge on any atom is 1.00 e. The summed E-state index contributed by atoms with van der Waals surface area (Å²) in [5, 5.41) is 57.5. The molecule has 6 heterocycles. The van der Waals surface area contributed by atoms with E-state index in [4.69, 9.17) is 40.9 Å². The number of phosphoric acid groups is 4. The Morgan fingerprint density at radius 2 is 1.00 bits per heavy atom. The zero-order valence-electron chi connectivity index (χ0n) is 30.7. The molecule has 31 nitrogen and oxygen atoms in total. The molecule has 12 N–H and O–H groups in total. The number of fused-ring (bicyclic) bond motifs is 2. The van der Waals surface area contributed by atoms with Crippen molar-refractivity contribution in [2.24, 2.45) is 0 Å². The Bertz CT molecular complexity index is 2020. The second-order valence-electron chi connectivity index (χ2n) is 10.7. The third-order valence-electron chi connectivity index (χ3n) is 6.97. The van der Waals surface area contributed by atoms with E-state index in [1.165, 1.54) is 34.4 Å². The van der Waals surface area contributed by atoms with Gasteiger partial charge >= 0.3 is 126 Å². The van der Waals surface area contributed by atoms with E-state index in [2.05, 4.69) is 42.8 Å². The smallest absolute Gasteiger partial charge is 0.790 e. The molecule has 6 rings (SSSR count). The predicted octanol–water partition coefficient (Wildman–Crippen LogP) is -19.0. The van der Waals surface area contributed by atoms with E-state index >= 15 is 0 Å². The molecule has 0 aromatic carbocycles. The van der Waals surface area contributed by atoms with E-state index in [0.717, 1.165) is 0 Å². The summed E-state index contributed by atoms with van der Waals surface area (Å²) in [5.74, 6) is 0.436. The molecule has 3 unspecified atom stereocenters. The van der Waals surface area contributed by atoms with Crippen LogP contribution in [0, 0.1) is 0 Å². The van der Waals surface area contributed by atoms with E-state index in [9.17, 15) is 58.3 Å². The summed E-state index contributed by atoms with van der Waals surface area (Å²) in [7, 11) is -24.1. The molecule has 2 fully saturated rings. The summed E-state index contributed by atoms with van der Waals surface area (Å²) in [6.07, 6.45) is -2.85. The molecule has 59 heavy (non-hydrogen) atoms. The summed E-state index contributed by atoms with van der Waals surface area (Å²) in [6.45, 7) is -0.781. The number of hydrogen-bond acceptors (Lipinski definition) is 27. The van der Waals surface area contributed by atoms with Crippen molar-refractivity contribution in [3.8, 4) is 0 Å². The average molecular weight is 960 g/mol. The molecule has 0 spiro atoms. The molecule has 0 radical (unpaired) electrons. The number of ether oxygens (including phenoxy) is 2. The molecule has 2 saturated heterocycles. The molecule has 2 aliphatic heterocycles. The molecule has 0 amide bonds. The largest absolute Gasteiger partial charge is 1.00 e. The molecule has 4 aromatic rings. The van der Waals surface area contributed by atoms with Crippen LogP contribution in [0.25, 0.3) is 22.3 Å². The molecule has 0 saturated carbocycles. The summed E-state index contributed by atoms with van der Waals surface area (Å²) in [4.78, 5) is 80.2. The molecule has 0 bridgehead atoms. The molecule has 2 aliphatic rings. The van der Waals surface area contributed by atoms with E-state index in [-0.39, 0.29) is 130 Å². The topological polar surface area (TPSA) is 508 Å². The van der Waals surface area contributed by atoms with Crippen molar-refractivity contribution in [1.29, 1.82) is 0 Å². The van der Waals surface area contributed by atoms with Crippen LogP contribution < -0.4 is 149 Å². The number of hydrogen-bond donors (Lipinski definition) is 10. The number of rotatable bonds is 10. The van der Waals surface area contributed by atoms with Crippen molar-refractivity contribution in [1.82, 2.24) is 39.0 Å². The summed E-state index contributed by atoms with van der Waals surface area (Å²) in [6, 6.07) is 0.